The molecule has 1 unspecified atom stereocenters. The molecule has 2 nitrogen and oxygen atoms in total. The number of alkyl halides is 3. The Morgan fingerprint density at radius 2 is 2.05 bits per heavy atom. The average Bonchev–Trinajstić information content (AvgIpc) is 2.30. The second-order valence-electron chi connectivity index (χ2n) is 4.33. The van der Waals surface area contributed by atoms with Crippen molar-refractivity contribution in [3.8, 4) is 0 Å². The van der Waals surface area contributed by atoms with Crippen LogP contribution < -0.4 is 11.1 Å². The summed E-state index contributed by atoms with van der Waals surface area (Å²) in [6.07, 6.45) is -3.51. The number of anilines is 2. The number of hydrogen-bond acceptors (Lipinski definition) is 3. The fourth-order valence-electron chi connectivity index (χ4n) is 1.65. The van der Waals surface area contributed by atoms with Gasteiger partial charge in [0.1, 0.15) is 0 Å². The molecule has 0 aliphatic heterocycles. The number of nitrogens with one attached hydrogen (secondary N) is 1. The van der Waals surface area contributed by atoms with E-state index in [-0.39, 0.29) is 11.7 Å². The average molecular weight is 292 g/mol. The highest BCUT2D eigenvalue weighted by molar-refractivity contribution is 7.99. The number of benzene rings is 1. The van der Waals surface area contributed by atoms with Gasteiger partial charge in [-0.05, 0) is 43.0 Å². The van der Waals surface area contributed by atoms with Crippen LogP contribution in [0.5, 0.6) is 0 Å². The predicted octanol–water partition coefficient (Wildman–Crippen LogP) is 4.23. The largest absolute Gasteiger partial charge is 0.418 e. The van der Waals surface area contributed by atoms with Crippen molar-refractivity contribution in [2.75, 3.05) is 22.6 Å². The van der Waals surface area contributed by atoms with E-state index in [0.29, 0.717) is 5.69 Å². The van der Waals surface area contributed by atoms with E-state index in [1.54, 1.807) is 6.07 Å². The van der Waals surface area contributed by atoms with Crippen LogP contribution in [0.2, 0.25) is 0 Å². The SMILES string of the molecule is CCSCCC(C)Nc1ccc(N)c(C(F)(F)F)c1. The standard InChI is InChI=1S/C13H19F3N2S/c1-3-19-7-6-9(2)18-10-4-5-12(17)11(8-10)13(14,15)16/h4-5,8-9,18H,3,6-7,17H2,1-2H3. The van der Waals surface area contributed by atoms with E-state index in [9.17, 15) is 13.2 Å². The number of thioether (sulfide) groups is 1. The van der Waals surface area contributed by atoms with Gasteiger partial charge in [0.2, 0.25) is 0 Å². The van der Waals surface area contributed by atoms with Crippen LogP contribution in [0.3, 0.4) is 0 Å². The lowest BCUT2D eigenvalue weighted by atomic mass is 10.1. The van der Waals surface area contributed by atoms with E-state index in [4.69, 9.17) is 5.73 Å². The molecule has 6 heteroatoms. The summed E-state index contributed by atoms with van der Waals surface area (Å²) < 4.78 is 38.1. The normalized spacial score (nSPS) is 13.3. The van der Waals surface area contributed by atoms with Crippen molar-refractivity contribution in [3.05, 3.63) is 23.8 Å². The maximum Gasteiger partial charge on any atom is 0.418 e. The van der Waals surface area contributed by atoms with E-state index in [2.05, 4.69) is 12.2 Å². The number of nitrogen functional groups attached to an aromatic ring is 1. The highest BCUT2D eigenvalue weighted by atomic mass is 32.2. The lowest BCUT2D eigenvalue weighted by Crippen LogP contribution is -2.17. The molecule has 1 aromatic carbocycles. The van der Waals surface area contributed by atoms with Crippen LogP contribution in [0.1, 0.15) is 25.8 Å². The first-order valence-corrected chi connectivity index (χ1v) is 7.31. The van der Waals surface area contributed by atoms with Crippen molar-refractivity contribution in [1.29, 1.82) is 0 Å². The quantitative estimate of drug-likeness (QED) is 0.608. The summed E-state index contributed by atoms with van der Waals surface area (Å²) in [6.45, 7) is 4.04. The van der Waals surface area contributed by atoms with E-state index in [1.165, 1.54) is 6.07 Å². The Labute approximate surface area is 115 Å². The van der Waals surface area contributed by atoms with Crippen LogP contribution in [0.25, 0.3) is 0 Å². The number of rotatable bonds is 6. The molecule has 0 aliphatic carbocycles. The molecule has 0 fully saturated rings. The Bertz CT molecular complexity index is 407. The minimum atomic E-state index is -4.41. The Hall–Kier alpha value is -1.04. The minimum Gasteiger partial charge on any atom is -0.398 e. The van der Waals surface area contributed by atoms with Crippen LogP contribution in [0, 0.1) is 0 Å². The van der Waals surface area contributed by atoms with Crippen LogP contribution in [0.15, 0.2) is 18.2 Å². The smallest absolute Gasteiger partial charge is 0.398 e. The van der Waals surface area contributed by atoms with Gasteiger partial charge in [0.25, 0.3) is 0 Å². The zero-order chi connectivity index (χ0) is 14.5. The maximum absolute atomic E-state index is 12.7. The molecule has 0 saturated heterocycles. The number of halogens is 3. The summed E-state index contributed by atoms with van der Waals surface area (Å²) in [6, 6.07) is 4.06. The van der Waals surface area contributed by atoms with E-state index < -0.39 is 11.7 Å². The summed E-state index contributed by atoms with van der Waals surface area (Å²) in [7, 11) is 0. The molecule has 1 rings (SSSR count). The zero-order valence-corrected chi connectivity index (χ0v) is 11.9. The molecule has 0 aliphatic rings. The van der Waals surface area contributed by atoms with E-state index in [1.807, 2.05) is 18.7 Å². The van der Waals surface area contributed by atoms with Crippen LogP contribution >= 0.6 is 11.8 Å². The highest BCUT2D eigenvalue weighted by Crippen LogP contribution is 2.35. The van der Waals surface area contributed by atoms with Crippen molar-refractivity contribution < 1.29 is 13.2 Å². The molecule has 3 N–H and O–H groups in total. The van der Waals surface area contributed by atoms with Crippen LogP contribution in [-0.2, 0) is 6.18 Å². The summed E-state index contributed by atoms with van der Waals surface area (Å²) in [5, 5.41) is 3.07. The Kier molecular flexibility index (Phi) is 5.85. The topological polar surface area (TPSA) is 38.0 Å². The molecule has 0 heterocycles. The maximum atomic E-state index is 12.7. The molecule has 0 radical (unpaired) electrons. The number of hydrogen-bond donors (Lipinski definition) is 2. The number of nitrogens with two attached hydrogens (primary N) is 1. The molecule has 108 valence electrons. The van der Waals surface area contributed by atoms with Gasteiger partial charge in [0.15, 0.2) is 0 Å². The summed E-state index contributed by atoms with van der Waals surface area (Å²) in [4.78, 5) is 0. The first-order chi connectivity index (χ1) is 8.84. The third kappa shape index (κ3) is 5.22. The first kappa shape index (κ1) is 16.0. The monoisotopic (exact) mass is 292 g/mol. The molecule has 19 heavy (non-hydrogen) atoms. The fourth-order valence-corrected chi connectivity index (χ4v) is 2.46. The second kappa shape index (κ2) is 6.93. The van der Waals surface area contributed by atoms with Gasteiger partial charge in [0.05, 0.1) is 5.56 Å². The van der Waals surface area contributed by atoms with Crippen LogP contribution in [0.4, 0.5) is 24.5 Å². The Morgan fingerprint density at radius 1 is 1.37 bits per heavy atom. The predicted molar refractivity (Wildman–Crippen MR) is 76.6 cm³/mol. The molecular formula is C13H19F3N2S. The molecule has 0 bridgehead atoms. The lowest BCUT2D eigenvalue weighted by Gasteiger charge is -2.17. The van der Waals surface area contributed by atoms with Gasteiger partial charge >= 0.3 is 6.18 Å². The van der Waals surface area contributed by atoms with Gasteiger partial charge in [-0.25, -0.2) is 0 Å². The summed E-state index contributed by atoms with van der Waals surface area (Å²) in [5.41, 5.74) is 4.78. The van der Waals surface area contributed by atoms with E-state index in [0.717, 1.165) is 24.0 Å². The fraction of sp³-hybridized carbons (Fsp3) is 0.538. The molecule has 1 aromatic rings. The highest BCUT2D eigenvalue weighted by Gasteiger charge is 2.33. The third-order valence-electron chi connectivity index (χ3n) is 2.67. The van der Waals surface area contributed by atoms with Gasteiger partial charge in [-0.1, -0.05) is 6.92 Å². The summed E-state index contributed by atoms with van der Waals surface area (Å²) in [5.74, 6) is 2.04. The minimum absolute atomic E-state index is 0.128. The molecule has 0 amide bonds. The van der Waals surface area contributed by atoms with Crippen molar-refractivity contribution in [1.82, 2.24) is 0 Å². The van der Waals surface area contributed by atoms with Crippen molar-refractivity contribution in [2.45, 2.75) is 32.5 Å². The van der Waals surface area contributed by atoms with Gasteiger partial charge in [-0.3, -0.25) is 0 Å². The Morgan fingerprint density at radius 3 is 2.63 bits per heavy atom. The van der Waals surface area contributed by atoms with Gasteiger partial charge < -0.3 is 11.1 Å². The molecule has 0 saturated carbocycles. The third-order valence-corrected chi connectivity index (χ3v) is 3.60. The molecular weight excluding hydrogens is 273 g/mol. The van der Waals surface area contributed by atoms with Crippen molar-refractivity contribution >= 4 is 23.1 Å². The lowest BCUT2D eigenvalue weighted by molar-refractivity contribution is -0.136. The van der Waals surface area contributed by atoms with Gasteiger partial charge in [0, 0.05) is 17.4 Å². The van der Waals surface area contributed by atoms with Crippen molar-refractivity contribution in [2.24, 2.45) is 0 Å². The van der Waals surface area contributed by atoms with Crippen molar-refractivity contribution in [3.63, 3.8) is 0 Å². The Balaban J connectivity index is 2.69. The summed E-state index contributed by atoms with van der Waals surface area (Å²) >= 11 is 1.82. The zero-order valence-electron chi connectivity index (χ0n) is 11.1. The van der Waals surface area contributed by atoms with Crippen LogP contribution in [-0.4, -0.2) is 17.5 Å². The molecule has 0 spiro atoms. The first-order valence-electron chi connectivity index (χ1n) is 6.15. The second-order valence-corrected chi connectivity index (χ2v) is 5.72. The van der Waals surface area contributed by atoms with Gasteiger partial charge in [-0.15, -0.1) is 0 Å². The van der Waals surface area contributed by atoms with E-state index >= 15 is 0 Å². The molecule has 0 aromatic heterocycles. The molecule has 1 atom stereocenters. The van der Waals surface area contributed by atoms with Gasteiger partial charge in [-0.2, -0.15) is 24.9 Å².